The lowest BCUT2D eigenvalue weighted by molar-refractivity contribution is 1.02. The van der Waals surface area contributed by atoms with E-state index in [9.17, 15) is 0 Å². The minimum atomic E-state index is 0.634. The Hall–Kier alpha value is -9.62. The van der Waals surface area contributed by atoms with E-state index < -0.39 is 0 Å². The van der Waals surface area contributed by atoms with Crippen LogP contribution in [0, 0.1) is 0 Å². The van der Waals surface area contributed by atoms with Crippen LogP contribution >= 0.6 is 11.3 Å². The Bertz CT molecular complexity index is 4600. The lowest BCUT2D eigenvalue weighted by atomic mass is 9.98. The summed E-state index contributed by atoms with van der Waals surface area (Å²) in [5, 5.41) is 9.63. The fourth-order valence-electron chi connectivity index (χ4n) is 11.3. The number of fused-ring (bicyclic) bond motifs is 10. The molecule has 0 spiro atoms. The van der Waals surface area contributed by atoms with Gasteiger partial charge in [0, 0.05) is 54.7 Å². The number of rotatable bonds is 8. The van der Waals surface area contributed by atoms with E-state index in [1.807, 2.05) is 0 Å². The van der Waals surface area contributed by atoms with Gasteiger partial charge in [-0.1, -0.05) is 164 Å². The van der Waals surface area contributed by atoms with Crippen LogP contribution in [-0.2, 0) is 0 Å². The van der Waals surface area contributed by atoms with Gasteiger partial charge < -0.3 is 9.47 Å². The van der Waals surface area contributed by atoms with Gasteiger partial charge >= 0.3 is 0 Å². The van der Waals surface area contributed by atoms with Gasteiger partial charge in [-0.05, 0) is 135 Å². The molecule has 0 aliphatic rings. The predicted molar refractivity (Wildman–Crippen MR) is 312 cm³/mol. The zero-order valence-electron chi connectivity index (χ0n) is 40.0. The minimum Gasteiger partial charge on any atom is -0.311 e. The number of aromatic nitrogens is 4. The molecule has 5 nitrogen and oxygen atoms in total. The number of benzene rings is 11. The van der Waals surface area contributed by atoms with Crippen molar-refractivity contribution in [2.45, 2.75) is 0 Å². The molecule has 0 aliphatic heterocycles. The summed E-state index contributed by atoms with van der Waals surface area (Å²) in [4.78, 5) is 14.6. The number of thiophene rings is 1. The van der Waals surface area contributed by atoms with Crippen LogP contribution in [0.25, 0.3) is 120 Å². The molecule has 15 rings (SSSR count). The van der Waals surface area contributed by atoms with Crippen molar-refractivity contribution in [1.82, 2.24) is 19.1 Å². The van der Waals surface area contributed by atoms with E-state index in [-0.39, 0.29) is 0 Å². The van der Waals surface area contributed by atoms with Crippen molar-refractivity contribution in [2.75, 3.05) is 4.90 Å². The smallest absolute Gasteiger partial charge is 0.235 e. The number of hydrogen-bond acceptors (Lipinski definition) is 4. The normalized spacial score (nSPS) is 11.8. The Kier molecular flexibility index (Phi) is 9.68. The van der Waals surface area contributed by atoms with Crippen molar-refractivity contribution in [2.24, 2.45) is 0 Å². The molecular weight excluding hydrogens is 919 g/mol. The predicted octanol–water partition coefficient (Wildman–Crippen LogP) is 18.7. The molecule has 0 amide bonds. The van der Waals surface area contributed by atoms with Crippen molar-refractivity contribution in [3.05, 3.63) is 261 Å². The molecule has 0 saturated carbocycles. The van der Waals surface area contributed by atoms with Crippen LogP contribution in [0.1, 0.15) is 0 Å². The van der Waals surface area contributed by atoms with E-state index in [0.717, 1.165) is 93.0 Å². The van der Waals surface area contributed by atoms with Gasteiger partial charge in [0.2, 0.25) is 5.95 Å². The molecule has 0 atom stereocenters. The third kappa shape index (κ3) is 6.84. The number of anilines is 3. The van der Waals surface area contributed by atoms with E-state index in [0.29, 0.717) is 5.95 Å². The first-order valence-electron chi connectivity index (χ1n) is 25.1. The Labute approximate surface area is 430 Å². The molecule has 346 valence electrons. The largest absolute Gasteiger partial charge is 0.311 e. The highest BCUT2D eigenvalue weighted by molar-refractivity contribution is 7.22. The van der Waals surface area contributed by atoms with Crippen LogP contribution in [-0.4, -0.2) is 19.1 Å². The molecule has 15 aromatic rings. The SMILES string of the molecule is c1ccc(-c2cc3nc(-n4c5ccc(-c6ccc7c(c6)c6c8ccccc8ccc6n7-c6ccccc6)cc5c5cc6ccccc6cc54)nc(-c4ccc(N(c5ccccc5)c5ccccc5)cc4)c3s2)cc1. The minimum absolute atomic E-state index is 0.634. The first-order valence-corrected chi connectivity index (χ1v) is 25.9. The van der Waals surface area contributed by atoms with E-state index in [2.05, 4.69) is 275 Å². The fraction of sp³-hybridized carbons (Fsp3) is 0. The van der Waals surface area contributed by atoms with Gasteiger partial charge in [0.1, 0.15) is 0 Å². The van der Waals surface area contributed by atoms with Crippen molar-refractivity contribution in [3.63, 3.8) is 0 Å². The van der Waals surface area contributed by atoms with Crippen LogP contribution < -0.4 is 4.90 Å². The molecule has 0 bridgehead atoms. The van der Waals surface area contributed by atoms with Crippen molar-refractivity contribution >= 4 is 104 Å². The van der Waals surface area contributed by atoms with E-state index in [1.165, 1.54) is 38.0 Å². The standard InChI is InChI=1S/C68H43N5S/c1-5-18-45(19-6-1)64-43-59-67(74-64)66(46-29-34-54(35-30-46)71(51-22-7-2-8-23-51)52-24-9-3-10-25-52)70-68(69-59)73-60-36-32-49(40-56(60)57-39-47-20-13-14-21-48(47)42-63(57)73)50-33-37-61-58(41-50)65-55-28-16-15-17-44(55)31-38-62(65)72(61)53-26-11-4-12-27-53/h1-43H. The second-order valence-corrected chi connectivity index (χ2v) is 20.0. The van der Waals surface area contributed by atoms with Crippen LogP contribution in [0.4, 0.5) is 17.1 Å². The molecule has 0 saturated heterocycles. The van der Waals surface area contributed by atoms with Gasteiger partial charge in [-0.3, -0.25) is 4.57 Å². The Morgan fingerprint density at radius 2 is 0.878 bits per heavy atom. The van der Waals surface area contributed by atoms with Gasteiger partial charge in [-0.2, -0.15) is 0 Å². The van der Waals surface area contributed by atoms with Gasteiger partial charge in [-0.25, -0.2) is 9.97 Å². The summed E-state index contributed by atoms with van der Waals surface area (Å²) in [7, 11) is 0. The third-order valence-corrected chi connectivity index (χ3v) is 15.9. The molecule has 0 radical (unpaired) electrons. The highest BCUT2D eigenvalue weighted by Crippen LogP contribution is 2.44. The number of hydrogen-bond donors (Lipinski definition) is 0. The number of nitrogens with zero attached hydrogens (tertiary/aromatic N) is 5. The molecule has 11 aromatic carbocycles. The Balaban J connectivity index is 0.933. The first-order chi connectivity index (χ1) is 36.7. The summed E-state index contributed by atoms with van der Waals surface area (Å²) in [6.45, 7) is 0. The molecule has 6 heteroatoms. The zero-order valence-corrected chi connectivity index (χ0v) is 40.8. The quantitative estimate of drug-likeness (QED) is 0.152. The van der Waals surface area contributed by atoms with Crippen LogP contribution in [0.5, 0.6) is 0 Å². The van der Waals surface area contributed by atoms with E-state index in [1.54, 1.807) is 11.3 Å². The summed E-state index contributed by atoms with van der Waals surface area (Å²) < 4.78 is 5.74. The molecule has 0 N–H and O–H groups in total. The van der Waals surface area contributed by atoms with Crippen LogP contribution in [0.2, 0.25) is 0 Å². The topological polar surface area (TPSA) is 38.9 Å². The van der Waals surface area contributed by atoms with Crippen LogP contribution in [0.15, 0.2) is 261 Å². The zero-order chi connectivity index (χ0) is 48.7. The lowest BCUT2D eigenvalue weighted by Gasteiger charge is -2.25. The maximum Gasteiger partial charge on any atom is 0.235 e. The molecular formula is C68H43N5S. The molecule has 74 heavy (non-hydrogen) atoms. The van der Waals surface area contributed by atoms with Crippen molar-refractivity contribution < 1.29 is 0 Å². The summed E-state index contributed by atoms with van der Waals surface area (Å²) in [6.07, 6.45) is 0. The summed E-state index contributed by atoms with van der Waals surface area (Å²) in [5.41, 5.74) is 15.2. The molecule has 4 heterocycles. The molecule has 4 aromatic heterocycles. The highest BCUT2D eigenvalue weighted by Gasteiger charge is 2.22. The molecule has 0 fully saturated rings. The van der Waals surface area contributed by atoms with Gasteiger partial charge in [0.05, 0.1) is 38.0 Å². The first kappa shape index (κ1) is 42.1. The second-order valence-electron chi connectivity index (χ2n) is 19.0. The Morgan fingerprint density at radius 3 is 1.58 bits per heavy atom. The maximum atomic E-state index is 5.63. The third-order valence-electron chi connectivity index (χ3n) is 14.7. The fourth-order valence-corrected chi connectivity index (χ4v) is 12.4. The molecule has 0 unspecified atom stereocenters. The Morgan fingerprint density at radius 1 is 0.338 bits per heavy atom. The van der Waals surface area contributed by atoms with E-state index >= 15 is 0 Å². The summed E-state index contributed by atoms with van der Waals surface area (Å²) >= 11 is 1.75. The van der Waals surface area contributed by atoms with Gasteiger partial charge in [0.25, 0.3) is 0 Å². The summed E-state index contributed by atoms with van der Waals surface area (Å²) in [5.74, 6) is 0.634. The van der Waals surface area contributed by atoms with Crippen molar-refractivity contribution in [3.8, 4) is 44.5 Å². The number of para-hydroxylation sites is 3. The van der Waals surface area contributed by atoms with Crippen LogP contribution in [0.3, 0.4) is 0 Å². The van der Waals surface area contributed by atoms with E-state index in [4.69, 9.17) is 9.97 Å². The van der Waals surface area contributed by atoms with Gasteiger partial charge in [-0.15, -0.1) is 11.3 Å². The highest BCUT2D eigenvalue weighted by atomic mass is 32.1. The lowest BCUT2D eigenvalue weighted by Crippen LogP contribution is -2.09. The van der Waals surface area contributed by atoms with Crippen molar-refractivity contribution in [1.29, 1.82) is 0 Å². The average Bonchev–Trinajstić information content (AvgIpc) is 4.19. The second kappa shape index (κ2) is 17.0. The summed E-state index contributed by atoms with van der Waals surface area (Å²) in [6, 6.07) is 94.0. The monoisotopic (exact) mass is 961 g/mol. The molecule has 0 aliphatic carbocycles. The average molecular weight is 962 g/mol. The maximum absolute atomic E-state index is 5.63. The van der Waals surface area contributed by atoms with Gasteiger partial charge in [0.15, 0.2) is 0 Å².